The summed E-state index contributed by atoms with van der Waals surface area (Å²) >= 11 is 0. The third kappa shape index (κ3) is 2.46. The van der Waals surface area contributed by atoms with E-state index < -0.39 is 0 Å². The predicted octanol–water partition coefficient (Wildman–Crippen LogP) is 1.24. The minimum absolute atomic E-state index is 0.124. The summed E-state index contributed by atoms with van der Waals surface area (Å²) in [6, 6.07) is 0.760. The maximum Gasteiger partial charge on any atom is 0.0664 e. The average molecular weight is 157 g/mol. The molecule has 0 aromatic rings. The Bertz CT molecular complexity index is 112. The quantitative estimate of drug-likeness (QED) is 0.663. The molecule has 0 aromatic carbocycles. The summed E-state index contributed by atoms with van der Waals surface area (Å²) in [4.78, 5) is 2.29. The second-order valence-electron chi connectivity index (χ2n) is 3.59. The Morgan fingerprint density at radius 2 is 2.18 bits per heavy atom. The van der Waals surface area contributed by atoms with Gasteiger partial charge in [0.1, 0.15) is 0 Å². The summed E-state index contributed by atoms with van der Waals surface area (Å²) in [6.07, 6.45) is 4.77. The van der Waals surface area contributed by atoms with Gasteiger partial charge in [-0.15, -0.1) is 0 Å². The number of hydrogen-bond donors (Lipinski definition) is 1. The molecule has 1 fully saturated rings. The first-order valence-corrected chi connectivity index (χ1v) is 4.62. The van der Waals surface area contributed by atoms with Crippen molar-refractivity contribution in [3.8, 4) is 0 Å². The molecule has 0 spiro atoms. The Labute approximate surface area is 69.2 Å². The van der Waals surface area contributed by atoms with E-state index in [2.05, 4.69) is 11.9 Å². The number of rotatable bonds is 4. The van der Waals surface area contributed by atoms with Gasteiger partial charge < -0.3 is 10.0 Å². The maximum atomic E-state index is 9.36. The molecule has 2 heteroatoms. The SMILES string of the molecule is CCC(O)CN(C)C1CCC1. The number of likely N-dealkylation sites (N-methyl/N-ethyl adjacent to an activating group) is 1. The fourth-order valence-corrected chi connectivity index (χ4v) is 1.44. The third-order valence-corrected chi connectivity index (χ3v) is 2.67. The van der Waals surface area contributed by atoms with Gasteiger partial charge in [-0.25, -0.2) is 0 Å². The number of aliphatic hydroxyl groups is 1. The van der Waals surface area contributed by atoms with Gasteiger partial charge in [-0.05, 0) is 26.3 Å². The Morgan fingerprint density at radius 1 is 1.55 bits per heavy atom. The van der Waals surface area contributed by atoms with E-state index in [-0.39, 0.29) is 6.10 Å². The number of aliphatic hydroxyl groups excluding tert-OH is 1. The van der Waals surface area contributed by atoms with Crippen LogP contribution in [0.2, 0.25) is 0 Å². The molecular weight excluding hydrogens is 138 g/mol. The molecule has 1 rings (SSSR count). The van der Waals surface area contributed by atoms with Gasteiger partial charge in [-0.1, -0.05) is 13.3 Å². The molecule has 0 aromatic heterocycles. The van der Waals surface area contributed by atoms with Gasteiger partial charge in [0.15, 0.2) is 0 Å². The van der Waals surface area contributed by atoms with Gasteiger partial charge >= 0.3 is 0 Å². The lowest BCUT2D eigenvalue weighted by atomic mass is 9.91. The van der Waals surface area contributed by atoms with Crippen LogP contribution in [0.4, 0.5) is 0 Å². The lowest BCUT2D eigenvalue weighted by molar-refractivity contribution is 0.0758. The molecule has 0 heterocycles. The van der Waals surface area contributed by atoms with Crippen LogP contribution in [-0.4, -0.2) is 35.7 Å². The number of nitrogens with zero attached hydrogens (tertiary/aromatic N) is 1. The predicted molar refractivity (Wildman–Crippen MR) is 46.6 cm³/mol. The van der Waals surface area contributed by atoms with Crippen molar-refractivity contribution in [2.45, 2.75) is 44.8 Å². The molecule has 1 saturated carbocycles. The summed E-state index contributed by atoms with van der Waals surface area (Å²) in [5, 5.41) is 9.36. The van der Waals surface area contributed by atoms with Crippen molar-refractivity contribution in [3.63, 3.8) is 0 Å². The monoisotopic (exact) mass is 157 g/mol. The topological polar surface area (TPSA) is 23.5 Å². The van der Waals surface area contributed by atoms with Crippen LogP contribution in [-0.2, 0) is 0 Å². The first kappa shape index (κ1) is 9.01. The van der Waals surface area contributed by atoms with Gasteiger partial charge in [0.2, 0.25) is 0 Å². The van der Waals surface area contributed by atoms with Crippen LogP contribution in [0.1, 0.15) is 32.6 Å². The van der Waals surface area contributed by atoms with Crippen molar-refractivity contribution in [1.29, 1.82) is 0 Å². The fourth-order valence-electron chi connectivity index (χ4n) is 1.44. The van der Waals surface area contributed by atoms with E-state index in [0.717, 1.165) is 19.0 Å². The van der Waals surface area contributed by atoms with Crippen LogP contribution in [0, 0.1) is 0 Å². The van der Waals surface area contributed by atoms with E-state index in [0.29, 0.717) is 0 Å². The molecule has 2 nitrogen and oxygen atoms in total. The van der Waals surface area contributed by atoms with Crippen molar-refractivity contribution in [2.24, 2.45) is 0 Å². The molecule has 0 bridgehead atoms. The van der Waals surface area contributed by atoms with E-state index in [1.807, 2.05) is 6.92 Å². The Balaban J connectivity index is 2.13. The van der Waals surface area contributed by atoms with Gasteiger partial charge in [0, 0.05) is 12.6 Å². The van der Waals surface area contributed by atoms with Crippen LogP contribution in [0.5, 0.6) is 0 Å². The molecule has 1 atom stereocenters. The van der Waals surface area contributed by atoms with Crippen LogP contribution in [0.3, 0.4) is 0 Å². The number of hydrogen-bond acceptors (Lipinski definition) is 2. The molecule has 11 heavy (non-hydrogen) atoms. The van der Waals surface area contributed by atoms with Crippen molar-refractivity contribution >= 4 is 0 Å². The van der Waals surface area contributed by atoms with Gasteiger partial charge in [0.25, 0.3) is 0 Å². The van der Waals surface area contributed by atoms with E-state index in [9.17, 15) is 5.11 Å². The maximum absolute atomic E-state index is 9.36. The lowest BCUT2D eigenvalue weighted by Gasteiger charge is -2.35. The summed E-state index contributed by atoms with van der Waals surface area (Å²) in [5.74, 6) is 0. The average Bonchev–Trinajstić information content (AvgIpc) is 1.83. The molecule has 1 aliphatic carbocycles. The molecule has 0 radical (unpaired) electrons. The first-order valence-electron chi connectivity index (χ1n) is 4.62. The smallest absolute Gasteiger partial charge is 0.0664 e. The fraction of sp³-hybridized carbons (Fsp3) is 1.00. The van der Waals surface area contributed by atoms with Crippen LogP contribution in [0.15, 0.2) is 0 Å². The summed E-state index contributed by atoms with van der Waals surface area (Å²) in [6.45, 7) is 2.88. The second kappa shape index (κ2) is 4.07. The summed E-state index contributed by atoms with van der Waals surface area (Å²) in [7, 11) is 2.11. The highest BCUT2D eigenvalue weighted by Gasteiger charge is 2.22. The highest BCUT2D eigenvalue weighted by molar-refractivity contribution is 4.78. The molecule has 0 saturated heterocycles. The lowest BCUT2D eigenvalue weighted by Crippen LogP contribution is -2.41. The first-order chi connectivity index (χ1) is 5.24. The Kier molecular flexibility index (Phi) is 3.34. The van der Waals surface area contributed by atoms with Crippen molar-refractivity contribution in [1.82, 2.24) is 4.90 Å². The van der Waals surface area contributed by atoms with Gasteiger partial charge in [0.05, 0.1) is 6.10 Å². The van der Waals surface area contributed by atoms with E-state index in [4.69, 9.17) is 0 Å². The molecule has 1 aliphatic rings. The van der Waals surface area contributed by atoms with Gasteiger partial charge in [-0.2, -0.15) is 0 Å². The molecule has 1 unspecified atom stereocenters. The highest BCUT2D eigenvalue weighted by Crippen LogP contribution is 2.23. The molecule has 66 valence electrons. The second-order valence-corrected chi connectivity index (χ2v) is 3.59. The minimum Gasteiger partial charge on any atom is -0.392 e. The molecule has 0 amide bonds. The normalized spacial score (nSPS) is 21.8. The molecule has 1 N–H and O–H groups in total. The van der Waals surface area contributed by atoms with Crippen LogP contribution < -0.4 is 0 Å². The van der Waals surface area contributed by atoms with E-state index >= 15 is 0 Å². The van der Waals surface area contributed by atoms with Crippen LogP contribution in [0.25, 0.3) is 0 Å². The molecular formula is C9H19NO. The zero-order chi connectivity index (χ0) is 8.27. The van der Waals surface area contributed by atoms with Gasteiger partial charge in [-0.3, -0.25) is 0 Å². The van der Waals surface area contributed by atoms with Crippen molar-refractivity contribution in [2.75, 3.05) is 13.6 Å². The summed E-state index contributed by atoms with van der Waals surface area (Å²) in [5.41, 5.74) is 0. The van der Waals surface area contributed by atoms with E-state index in [1.165, 1.54) is 19.3 Å². The zero-order valence-electron chi connectivity index (χ0n) is 7.58. The van der Waals surface area contributed by atoms with E-state index in [1.54, 1.807) is 0 Å². The van der Waals surface area contributed by atoms with Crippen molar-refractivity contribution in [3.05, 3.63) is 0 Å². The minimum atomic E-state index is -0.124. The Morgan fingerprint density at radius 3 is 2.55 bits per heavy atom. The molecule has 0 aliphatic heterocycles. The Hall–Kier alpha value is -0.0800. The largest absolute Gasteiger partial charge is 0.392 e. The zero-order valence-corrected chi connectivity index (χ0v) is 7.58. The van der Waals surface area contributed by atoms with Crippen LogP contribution >= 0.6 is 0 Å². The van der Waals surface area contributed by atoms with Crippen molar-refractivity contribution < 1.29 is 5.11 Å². The standard InChI is InChI=1S/C9H19NO/c1-3-9(11)7-10(2)8-5-4-6-8/h8-9,11H,3-7H2,1-2H3. The summed E-state index contributed by atoms with van der Waals surface area (Å²) < 4.78 is 0. The third-order valence-electron chi connectivity index (χ3n) is 2.67. The highest BCUT2D eigenvalue weighted by atomic mass is 16.3.